The van der Waals surface area contributed by atoms with Crippen molar-refractivity contribution >= 4 is 11.3 Å². The maximum atomic E-state index is 5.54. The van der Waals surface area contributed by atoms with E-state index in [1.165, 1.54) is 100 Å². The summed E-state index contributed by atoms with van der Waals surface area (Å²) in [5, 5.41) is 5.54. The standard InChI is InChI=1S/C28H33N.2C5H10.Zr/c1-3-5-17-24(13-4-2)28(29-25-18-10-7-11-19-25)21-23-16-12-20-26(23)27(28)22-14-8-6-9-15-22;2*1-2-4-5-3-1;/h6-11,14-15,18-19,23H,3-5,12-13,16,20-21H2,1-2H3;2*1-5H2;/q-2;;;+2/t23-,28-;;;/m1.../s1. The van der Waals surface area contributed by atoms with Crippen LogP contribution in [0.15, 0.2) is 71.8 Å². The number of para-hydroxylation sites is 1. The Bertz CT molecular complexity index is 991. The van der Waals surface area contributed by atoms with Crippen LogP contribution in [0.3, 0.4) is 0 Å². The molecular formula is C38H53NZr. The normalized spacial score (nSPS) is 23.4. The second-order valence-corrected chi connectivity index (χ2v) is 12.1. The van der Waals surface area contributed by atoms with Crippen molar-refractivity contribution in [2.45, 2.75) is 135 Å². The van der Waals surface area contributed by atoms with Crippen LogP contribution in [0.1, 0.15) is 135 Å². The zero-order chi connectivity index (χ0) is 27.2. The quantitative estimate of drug-likeness (QED) is 0.263. The Morgan fingerprint density at radius 2 is 1.30 bits per heavy atom. The van der Waals surface area contributed by atoms with Crippen molar-refractivity contribution in [3.05, 3.63) is 88.8 Å². The van der Waals surface area contributed by atoms with Gasteiger partial charge in [-0.3, -0.25) is 5.57 Å². The summed E-state index contributed by atoms with van der Waals surface area (Å²) in [6.07, 6.45) is 28.2. The van der Waals surface area contributed by atoms with E-state index in [2.05, 4.69) is 80.6 Å². The fourth-order valence-corrected chi connectivity index (χ4v) is 7.13. The van der Waals surface area contributed by atoms with Gasteiger partial charge in [0.1, 0.15) is 0 Å². The number of unbranched alkanes of at least 4 members (excludes halogenated alkanes) is 1. The Kier molecular flexibility index (Phi) is 15.1. The van der Waals surface area contributed by atoms with Crippen molar-refractivity contribution in [2.24, 2.45) is 5.92 Å². The molecule has 1 nitrogen and oxygen atoms in total. The van der Waals surface area contributed by atoms with Crippen molar-refractivity contribution in [3.8, 4) is 0 Å². The number of hydrogen-bond donors (Lipinski definition) is 0. The first kappa shape index (κ1) is 33.1. The zero-order valence-electron chi connectivity index (χ0n) is 25.5. The Hall–Kier alpha value is -1.40. The predicted octanol–water partition coefficient (Wildman–Crippen LogP) is 12.3. The second kappa shape index (κ2) is 18.2. The molecule has 6 rings (SSSR count). The van der Waals surface area contributed by atoms with Crippen LogP contribution in [-0.4, -0.2) is 5.54 Å². The molecule has 0 spiro atoms. The van der Waals surface area contributed by atoms with Crippen molar-refractivity contribution in [1.29, 1.82) is 0 Å². The first-order valence-corrected chi connectivity index (χ1v) is 16.5. The molecule has 3 fully saturated rings. The molecule has 3 saturated carbocycles. The van der Waals surface area contributed by atoms with Crippen LogP contribution < -0.4 is 0 Å². The first-order chi connectivity index (χ1) is 19.3. The average molecular weight is 615 g/mol. The van der Waals surface area contributed by atoms with Crippen LogP contribution in [0.2, 0.25) is 0 Å². The molecule has 2 atom stereocenters. The van der Waals surface area contributed by atoms with Crippen LogP contribution in [0.5, 0.6) is 0 Å². The van der Waals surface area contributed by atoms with E-state index >= 15 is 0 Å². The van der Waals surface area contributed by atoms with Gasteiger partial charge < -0.3 is 11.4 Å². The second-order valence-electron chi connectivity index (χ2n) is 12.1. The summed E-state index contributed by atoms with van der Waals surface area (Å²) >= 11 is 0. The molecule has 0 N–H and O–H groups in total. The number of rotatable bonds is 8. The van der Waals surface area contributed by atoms with E-state index in [0.717, 1.165) is 37.8 Å². The number of hydrogen-bond acceptors (Lipinski definition) is 0. The summed E-state index contributed by atoms with van der Waals surface area (Å²) < 4.78 is 0. The molecule has 0 heterocycles. The van der Waals surface area contributed by atoms with E-state index < -0.39 is 0 Å². The molecule has 2 aromatic carbocycles. The van der Waals surface area contributed by atoms with Gasteiger partial charge in [0.25, 0.3) is 0 Å². The van der Waals surface area contributed by atoms with Gasteiger partial charge in [0, 0.05) is 0 Å². The van der Waals surface area contributed by atoms with Crippen LogP contribution in [0, 0.1) is 12.0 Å². The fraction of sp³-hybridized carbons (Fsp3) is 0.579. The summed E-state index contributed by atoms with van der Waals surface area (Å²) in [6, 6.07) is 21.7. The number of nitrogens with zero attached hydrogens (tertiary/aromatic N) is 1. The van der Waals surface area contributed by atoms with E-state index in [0.29, 0.717) is 5.92 Å². The Labute approximate surface area is 265 Å². The summed E-state index contributed by atoms with van der Waals surface area (Å²) in [4.78, 5) is 0. The van der Waals surface area contributed by atoms with Crippen LogP contribution >= 0.6 is 0 Å². The minimum absolute atomic E-state index is 0. The Morgan fingerprint density at radius 3 is 1.82 bits per heavy atom. The van der Waals surface area contributed by atoms with Gasteiger partial charge >= 0.3 is 26.2 Å². The van der Waals surface area contributed by atoms with Gasteiger partial charge in [-0.15, -0.1) is 5.69 Å². The molecule has 2 aromatic rings. The molecule has 4 aliphatic rings. The molecule has 2 heteroatoms. The molecule has 0 aliphatic heterocycles. The van der Waals surface area contributed by atoms with Gasteiger partial charge in [-0.25, -0.2) is 0 Å². The van der Waals surface area contributed by atoms with Crippen molar-refractivity contribution < 1.29 is 26.2 Å². The molecule has 0 unspecified atom stereocenters. The van der Waals surface area contributed by atoms with Crippen molar-refractivity contribution in [1.82, 2.24) is 0 Å². The third kappa shape index (κ3) is 9.05. The average Bonchev–Trinajstić information content (AvgIpc) is 3.80. The SMILES string of the molecule is C1CCCC1.C1CCCC1.CCC[C-]=C(CCC)[C@]1([N-]c2ccccc2)C[C@H]2CCCC2=C1c1ccccc1.[Zr+2]. The van der Waals surface area contributed by atoms with Gasteiger partial charge in [0.15, 0.2) is 0 Å². The molecule has 0 bridgehead atoms. The topological polar surface area (TPSA) is 14.1 Å². The van der Waals surface area contributed by atoms with E-state index in [1.54, 1.807) is 5.57 Å². The predicted molar refractivity (Wildman–Crippen MR) is 170 cm³/mol. The van der Waals surface area contributed by atoms with Crippen LogP contribution in [-0.2, 0) is 26.2 Å². The largest absolute Gasteiger partial charge is 2.00 e. The zero-order valence-corrected chi connectivity index (χ0v) is 28.0. The van der Waals surface area contributed by atoms with Crippen molar-refractivity contribution in [2.75, 3.05) is 0 Å². The number of benzene rings is 2. The summed E-state index contributed by atoms with van der Waals surface area (Å²) in [6.45, 7) is 4.53. The number of fused-ring (bicyclic) bond motifs is 1. The molecule has 0 saturated heterocycles. The Balaban J connectivity index is 0.000000335. The monoisotopic (exact) mass is 613 g/mol. The van der Waals surface area contributed by atoms with E-state index in [-0.39, 0.29) is 31.7 Å². The maximum absolute atomic E-state index is 5.54. The third-order valence-corrected chi connectivity index (χ3v) is 8.99. The first-order valence-electron chi connectivity index (χ1n) is 16.5. The van der Waals surface area contributed by atoms with Gasteiger partial charge in [0.05, 0.1) is 0 Å². The molecule has 0 radical (unpaired) electrons. The fourth-order valence-electron chi connectivity index (χ4n) is 7.13. The summed E-state index contributed by atoms with van der Waals surface area (Å²) in [5.74, 6) is 0.674. The smallest absolute Gasteiger partial charge is 0.674 e. The minimum atomic E-state index is -0.256. The maximum Gasteiger partial charge on any atom is 2.00 e. The molecule has 40 heavy (non-hydrogen) atoms. The van der Waals surface area contributed by atoms with Crippen molar-refractivity contribution in [3.63, 3.8) is 0 Å². The summed E-state index contributed by atoms with van der Waals surface area (Å²) in [5.41, 5.74) is 6.78. The number of allylic oxidation sites excluding steroid dienone is 2. The summed E-state index contributed by atoms with van der Waals surface area (Å²) in [7, 11) is 0. The van der Waals surface area contributed by atoms with E-state index in [1.807, 2.05) is 0 Å². The van der Waals surface area contributed by atoms with Gasteiger partial charge in [-0.2, -0.15) is 6.42 Å². The van der Waals surface area contributed by atoms with Gasteiger partial charge in [0.2, 0.25) is 0 Å². The molecule has 0 aromatic heterocycles. The van der Waals surface area contributed by atoms with E-state index in [9.17, 15) is 0 Å². The molecular weight excluding hydrogens is 562 g/mol. The van der Waals surface area contributed by atoms with Crippen LogP contribution in [0.25, 0.3) is 10.9 Å². The molecule has 4 aliphatic carbocycles. The molecule has 0 amide bonds. The van der Waals surface area contributed by atoms with Crippen LogP contribution in [0.4, 0.5) is 5.69 Å². The van der Waals surface area contributed by atoms with E-state index in [4.69, 9.17) is 5.32 Å². The van der Waals surface area contributed by atoms with Gasteiger partial charge in [-0.05, 0) is 30.7 Å². The Morgan fingerprint density at radius 1 is 0.750 bits per heavy atom. The third-order valence-electron chi connectivity index (χ3n) is 8.99. The molecule has 214 valence electrons. The minimum Gasteiger partial charge on any atom is -0.674 e. The van der Waals surface area contributed by atoms with Gasteiger partial charge in [-0.1, -0.05) is 181 Å².